The molecule has 5 heteroatoms. The van der Waals surface area contributed by atoms with Gasteiger partial charge in [-0.25, -0.2) is 4.90 Å². The van der Waals surface area contributed by atoms with Crippen molar-refractivity contribution in [3.05, 3.63) is 108 Å². The summed E-state index contributed by atoms with van der Waals surface area (Å²) in [5.74, 6) is -0.352. The number of aryl methyl sites for hydroxylation is 1. The molecule has 1 heterocycles. The van der Waals surface area contributed by atoms with E-state index in [1.807, 2.05) is 85.8 Å². The molecule has 0 aromatic heterocycles. The van der Waals surface area contributed by atoms with Gasteiger partial charge in [-0.05, 0) is 41.6 Å². The number of hydrogen-bond donors (Lipinski definition) is 1. The lowest BCUT2D eigenvalue weighted by Gasteiger charge is -2.19. The van der Waals surface area contributed by atoms with Gasteiger partial charge < -0.3 is 10.1 Å². The number of methoxy groups -OCH3 is 1. The summed E-state index contributed by atoms with van der Waals surface area (Å²) in [6.07, 6.45) is 0. The number of nitrogens with one attached hydrogen (secondary N) is 1. The standard InChI is InChI=1S/C28H22N2O3/c1-18-15-16-24(33-2)23(17-18)30-27(31)25(20-10-4-3-5-11-20)26(28(30)32)29-22-14-8-12-19-9-6-7-13-21(19)22/h3-17,29H,1-2H3. The van der Waals surface area contributed by atoms with Crippen LogP contribution in [0.5, 0.6) is 5.75 Å². The molecule has 0 atom stereocenters. The first-order valence-electron chi connectivity index (χ1n) is 10.7. The molecule has 0 unspecified atom stereocenters. The van der Waals surface area contributed by atoms with Crippen molar-refractivity contribution in [3.8, 4) is 5.75 Å². The molecule has 162 valence electrons. The number of nitrogens with zero attached hydrogens (tertiary/aromatic N) is 1. The molecule has 1 aliphatic rings. The normalized spacial score (nSPS) is 13.7. The number of anilines is 2. The summed E-state index contributed by atoms with van der Waals surface area (Å²) in [5.41, 5.74) is 3.35. The van der Waals surface area contributed by atoms with E-state index in [9.17, 15) is 9.59 Å². The van der Waals surface area contributed by atoms with Gasteiger partial charge in [0.15, 0.2) is 0 Å². The van der Waals surface area contributed by atoms with E-state index in [1.165, 1.54) is 12.0 Å². The van der Waals surface area contributed by atoms with Gasteiger partial charge in [0, 0.05) is 11.1 Å². The number of benzene rings is 4. The van der Waals surface area contributed by atoms with Gasteiger partial charge in [0.05, 0.1) is 18.4 Å². The smallest absolute Gasteiger partial charge is 0.282 e. The van der Waals surface area contributed by atoms with Gasteiger partial charge >= 0.3 is 0 Å². The topological polar surface area (TPSA) is 58.6 Å². The first kappa shape index (κ1) is 20.5. The number of amides is 2. The Labute approximate surface area is 191 Å². The highest BCUT2D eigenvalue weighted by Gasteiger charge is 2.41. The van der Waals surface area contributed by atoms with Crippen LogP contribution in [0.4, 0.5) is 11.4 Å². The minimum absolute atomic E-state index is 0.242. The summed E-state index contributed by atoms with van der Waals surface area (Å²) >= 11 is 0. The van der Waals surface area contributed by atoms with Crippen LogP contribution in [-0.2, 0) is 9.59 Å². The van der Waals surface area contributed by atoms with Crippen molar-refractivity contribution in [2.45, 2.75) is 6.92 Å². The fourth-order valence-corrected chi connectivity index (χ4v) is 4.18. The van der Waals surface area contributed by atoms with Crippen LogP contribution in [0.2, 0.25) is 0 Å². The highest BCUT2D eigenvalue weighted by molar-refractivity contribution is 6.46. The molecular weight excluding hydrogens is 412 g/mol. The van der Waals surface area contributed by atoms with Crippen molar-refractivity contribution < 1.29 is 14.3 Å². The maximum Gasteiger partial charge on any atom is 0.282 e. The van der Waals surface area contributed by atoms with Crippen molar-refractivity contribution in [1.29, 1.82) is 0 Å². The minimum atomic E-state index is -0.421. The minimum Gasteiger partial charge on any atom is -0.495 e. The van der Waals surface area contributed by atoms with Gasteiger partial charge in [0.2, 0.25) is 0 Å². The molecule has 0 saturated carbocycles. The summed E-state index contributed by atoms with van der Waals surface area (Å²) in [6.45, 7) is 1.91. The van der Waals surface area contributed by atoms with Gasteiger partial charge in [0.1, 0.15) is 11.4 Å². The lowest BCUT2D eigenvalue weighted by molar-refractivity contribution is -0.120. The summed E-state index contributed by atoms with van der Waals surface area (Å²) in [7, 11) is 1.53. The molecule has 1 aliphatic heterocycles. The maximum absolute atomic E-state index is 13.7. The third kappa shape index (κ3) is 3.53. The Bertz CT molecular complexity index is 1420. The van der Waals surface area contributed by atoms with Crippen LogP contribution < -0.4 is 15.0 Å². The van der Waals surface area contributed by atoms with Gasteiger partial charge in [-0.1, -0.05) is 72.8 Å². The van der Waals surface area contributed by atoms with E-state index >= 15 is 0 Å². The SMILES string of the molecule is COc1ccc(C)cc1N1C(=O)C(Nc2cccc3ccccc23)=C(c2ccccc2)C1=O. The van der Waals surface area contributed by atoms with E-state index in [1.54, 1.807) is 12.1 Å². The van der Waals surface area contributed by atoms with Crippen LogP contribution >= 0.6 is 0 Å². The molecule has 4 aromatic rings. The Morgan fingerprint density at radius 1 is 0.788 bits per heavy atom. The number of rotatable bonds is 5. The molecule has 4 aromatic carbocycles. The first-order valence-corrected chi connectivity index (χ1v) is 10.7. The molecule has 0 fully saturated rings. The van der Waals surface area contributed by atoms with E-state index in [2.05, 4.69) is 5.32 Å². The van der Waals surface area contributed by atoms with Crippen molar-refractivity contribution in [3.63, 3.8) is 0 Å². The van der Waals surface area contributed by atoms with E-state index < -0.39 is 11.8 Å². The summed E-state index contributed by atoms with van der Waals surface area (Å²) in [5, 5.41) is 5.30. The molecule has 0 bridgehead atoms. The molecule has 0 spiro atoms. The van der Waals surface area contributed by atoms with Gasteiger partial charge in [-0.2, -0.15) is 0 Å². The predicted molar refractivity (Wildman–Crippen MR) is 131 cm³/mol. The monoisotopic (exact) mass is 434 g/mol. The Balaban J connectivity index is 1.68. The van der Waals surface area contributed by atoms with Gasteiger partial charge in [-0.3, -0.25) is 9.59 Å². The Kier molecular flexibility index (Phi) is 5.15. The van der Waals surface area contributed by atoms with Crippen molar-refractivity contribution in [2.24, 2.45) is 0 Å². The van der Waals surface area contributed by atoms with Crippen LogP contribution in [0.25, 0.3) is 16.3 Å². The molecule has 33 heavy (non-hydrogen) atoms. The Hall–Kier alpha value is -4.38. The average Bonchev–Trinajstić information content (AvgIpc) is 3.08. The van der Waals surface area contributed by atoms with E-state index in [0.717, 1.165) is 22.0 Å². The summed E-state index contributed by atoms with van der Waals surface area (Å²) in [6, 6.07) is 28.5. The zero-order valence-corrected chi connectivity index (χ0v) is 18.3. The van der Waals surface area contributed by atoms with E-state index in [-0.39, 0.29) is 5.70 Å². The zero-order chi connectivity index (χ0) is 22.9. The molecule has 2 amide bonds. The highest BCUT2D eigenvalue weighted by atomic mass is 16.5. The molecule has 5 nitrogen and oxygen atoms in total. The largest absolute Gasteiger partial charge is 0.495 e. The molecule has 1 N–H and O–H groups in total. The lowest BCUT2D eigenvalue weighted by atomic mass is 10.0. The second kappa shape index (κ2) is 8.28. The van der Waals surface area contributed by atoms with Crippen LogP contribution in [0.1, 0.15) is 11.1 Å². The predicted octanol–water partition coefficient (Wildman–Crippen LogP) is 5.55. The van der Waals surface area contributed by atoms with E-state index in [0.29, 0.717) is 22.6 Å². The number of carbonyl (C=O) groups is 2. The fraction of sp³-hybridized carbons (Fsp3) is 0.0714. The van der Waals surface area contributed by atoms with Crippen molar-refractivity contribution >= 4 is 39.5 Å². The van der Waals surface area contributed by atoms with E-state index in [4.69, 9.17) is 4.74 Å². The highest BCUT2D eigenvalue weighted by Crippen LogP contribution is 2.39. The summed E-state index contributed by atoms with van der Waals surface area (Å²) in [4.78, 5) is 28.7. The fourth-order valence-electron chi connectivity index (χ4n) is 4.18. The van der Waals surface area contributed by atoms with Crippen LogP contribution in [0.15, 0.2) is 96.7 Å². The third-order valence-electron chi connectivity index (χ3n) is 5.77. The van der Waals surface area contributed by atoms with Crippen molar-refractivity contribution in [2.75, 3.05) is 17.3 Å². The summed E-state index contributed by atoms with van der Waals surface area (Å²) < 4.78 is 5.48. The third-order valence-corrected chi connectivity index (χ3v) is 5.77. The lowest BCUT2D eigenvalue weighted by Crippen LogP contribution is -2.32. The second-order valence-electron chi connectivity index (χ2n) is 7.89. The Morgan fingerprint density at radius 2 is 1.52 bits per heavy atom. The number of ether oxygens (including phenoxy) is 1. The molecule has 0 radical (unpaired) electrons. The Morgan fingerprint density at radius 3 is 2.30 bits per heavy atom. The number of hydrogen-bond acceptors (Lipinski definition) is 4. The maximum atomic E-state index is 13.7. The molecule has 5 rings (SSSR count). The van der Waals surface area contributed by atoms with Gasteiger partial charge in [-0.15, -0.1) is 0 Å². The van der Waals surface area contributed by atoms with Crippen LogP contribution in [-0.4, -0.2) is 18.9 Å². The van der Waals surface area contributed by atoms with Gasteiger partial charge in [0.25, 0.3) is 11.8 Å². The van der Waals surface area contributed by atoms with Crippen molar-refractivity contribution in [1.82, 2.24) is 0 Å². The number of fused-ring (bicyclic) bond motifs is 1. The number of carbonyl (C=O) groups excluding carboxylic acids is 2. The molecule has 0 aliphatic carbocycles. The molecular formula is C28H22N2O3. The second-order valence-corrected chi connectivity index (χ2v) is 7.89. The van der Waals surface area contributed by atoms with Crippen LogP contribution in [0, 0.1) is 6.92 Å². The molecule has 0 saturated heterocycles. The number of imide groups is 1. The quantitative estimate of drug-likeness (QED) is 0.418. The van der Waals surface area contributed by atoms with Crippen LogP contribution in [0.3, 0.4) is 0 Å². The zero-order valence-electron chi connectivity index (χ0n) is 18.3. The average molecular weight is 434 g/mol. The first-order chi connectivity index (χ1) is 16.1.